The highest BCUT2D eigenvalue weighted by molar-refractivity contribution is 6.43. The molecule has 2 aliphatic carbocycles. The third-order valence-corrected chi connectivity index (χ3v) is 7.20. The van der Waals surface area contributed by atoms with E-state index in [1.807, 2.05) is 0 Å². The molecular weight excluding hydrogens is 484 g/mol. The first kappa shape index (κ1) is 24.0. The van der Waals surface area contributed by atoms with Crippen molar-refractivity contribution in [2.45, 2.75) is 50.1 Å². The predicted molar refractivity (Wildman–Crippen MR) is 118 cm³/mol. The zero-order valence-corrected chi connectivity index (χ0v) is 19.3. The first-order chi connectivity index (χ1) is 16.9. The lowest BCUT2D eigenvalue weighted by Gasteiger charge is -2.45. The second kappa shape index (κ2) is 7.90. The number of benzene rings is 1. The Balaban J connectivity index is 1.45. The summed E-state index contributed by atoms with van der Waals surface area (Å²) in [4.78, 5) is 51.5. The SMILES string of the molecule is CNC(=O)C1(NC(=O)C(=O)c2c(C)c(C(=O)Nc3ccc(F)c(F)c3)c3n2C[C@H]2C[C@@H]32)CC(F)(F)C1. The van der Waals surface area contributed by atoms with Crippen LogP contribution in [0.3, 0.4) is 0 Å². The molecule has 190 valence electrons. The average molecular weight is 506 g/mol. The zero-order valence-electron chi connectivity index (χ0n) is 19.3. The van der Waals surface area contributed by atoms with E-state index in [0.29, 0.717) is 12.2 Å². The second-order valence-electron chi connectivity index (χ2n) is 9.68. The molecule has 3 aliphatic rings. The molecule has 2 aromatic rings. The van der Waals surface area contributed by atoms with Crippen LogP contribution in [0.5, 0.6) is 0 Å². The highest BCUT2D eigenvalue weighted by Crippen LogP contribution is 2.56. The summed E-state index contributed by atoms with van der Waals surface area (Å²) in [6, 6.07) is 2.88. The Kier molecular flexibility index (Phi) is 5.27. The summed E-state index contributed by atoms with van der Waals surface area (Å²) < 4.78 is 55.7. The molecule has 0 saturated heterocycles. The van der Waals surface area contributed by atoms with Crippen LogP contribution in [0.1, 0.15) is 57.3 Å². The van der Waals surface area contributed by atoms with Crippen molar-refractivity contribution >= 4 is 29.2 Å². The van der Waals surface area contributed by atoms with Gasteiger partial charge in [0.15, 0.2) is 11.6 Å². The minimum atomic E-state index is -3.15. The van der Waals surface area contributed by atoms with Gasteiger partial charge in [0, 0.05) is 49.8 Å². The molecule has 5 rings (SSSR count). The van der Waals surface area contributed by atoms with Crippen molar-refractivity contribution in [2.24, 2.45) is 5.92 Å². The molecule has 36 heavy (non-hydrogen) atoms. The molecule has 0 bridgehead atoms. The van der Waals surface area contributed by atoms with Crippen LogP contribution >= 0.6 is 0 Å². The summed E-state index contributed by atoms with van der Waals surface area (Å²) in [5.41, 5.74) is -1.06. The van der Waals surface area contributed by atoms with E-state index in [9.17, 15) is 36.7 Å². The smallest absolute Gasteiger partial charge is 0.294 e. The summed E-state index contributed by atoms with van der Waals surface area (Å²) in [6.07, 6.45) is -1.07. The number of rotatable bonds is 6. The van der Waals surface area contributed by atoms with Gasteiger partial charge < -0.3 is 20.5 Å². The highest BCUT2D eigenvalue weighted by atomic mass is 19.3. The topological polar surface area (TPSA) is 109 Å². The monoisotopic (exact) mass is 506 g/mol. The number of nitrogens with one attached hydrogen (secondary N) is 3. The van der Waals surface area contributed by atoms with Gasteiger partial charge in [0.2, 0.25) is 5.91 Å². The van der Waals surface area contributed by atoms with E-state index in [1.54, 1.807) is 4.57 Å². The van der Waals surface area contributed by atoms with E-state index in [4.69, 9.17) is 0 Å². The van der Waals surface area contributed by atoms with Crippen LogP contribution in [0.15, 0.2) is 18.2 Å². The molecule has 1 aliphatic heterocycles. The Labute approximate surface area is 202 Å². The largest absolute Gasteiger partial charge is 0.357 e. The number of carbonyl (C=O) groups excluding carboxylic acids is 4. The molecule has 2 atom stereocenters. The molecule has 12 heteroatoms. The normalized spacial score (nSPS) is 22.1. The Morgan fingerprint density at radius 1 is 1.08 bits per heavy atom. The molecular formula is C24H22F4N4O4. The summed E-state index contributed by atoms with van der Waals surface area (Å²) in [5, 5.41) is 6.93. The standard InChI is InChI=1S/C24H22F4N4O4/c1-10-16(20(34)30-12-3-4-14(25)15(26)6-12)18-13-5-11(13)7-32(18)17(10)19(33)21(35)31-23(22(36)29-2)8-24(27,28)9-23/h3-4,6,11,13H,5,7-9H2,1-2H3,(H,29,36)(H,30,34)(H,31,35)/t11-,13-/m1/s1. The van der Waals surface area contributed by atoms with Gasteiger partial charge in [-0.25, -0.2) is 17.6 Å². The van der Waals surface area contributed by atoms with E-state index in [2.05, 4.69) is 16.0 Å². The number of nitrogens with zero attached hydrogens (tertiary/aromatic N) is 1. The van der Waals surface area contributed by atoms with E-state index in [-0.39, 0.29) is 34.3 Å². The lowest BCUT2D eigenvalue weighted by Crippen LogP contribution is -2.69. The fraction of sp³-hybridized carbons (Fsp3) is 0.417. The van der Waals surface area contributed by atoms with Crippen molar-refractivity contribution in [2.75, 3.05) is 12.4 Å². The molecule has 0 spiro atoms. The number of hydrogen-bond donors (Lipinski definition) is 3. The number of hydrogen-bond acceptors (Lipinski definition) is 4. The van der Waals surface area contributed by atoms with Crippen LogP contribution in [0.4, 0.5) is 23.2 Å². The number of amides is 3. The van der Waals surface area contributed by atoms with Crippen LogP contribution in [0.2, 0.25) is 0 Å². The number of aromatic nitrogens is 1. The lowest BCUT2D eigenvalue weighted by atomic mass is 9.72. The third-order valence-electron chi connectivity index (χ3n) is 7.20. The first-order valence-electron chi connectivity index (χ1n) is 11.3. The maximum atomic E-state index is 13.6. The molecule has 1 aromatic carbocycles. The maximum absolute atomic E-state index is 13.6. The highest BCUT2D eigenvalue weighted by Gasteiger charge is 2.62. The first-order valence-corrected chi connectivity index (χ1v) is 11.3. The number of anilines is 1. The van der Waals surface area contributed by atoms with Crippen molar-refractivity contribution in [1.82, 2.24) is 15.2 Å². The van der Waals surface area contributed by atoms with Gasteiger partial charge in [0.05, 0.1) is 11.3 Å². The van der Waals surface area contributed by atoms with Crippen LogP contribution in [0.25, 0.3) is 0 Å². The minimum Gasteiger partial charge on any atom is -0.357 e. The third kappa shape index (κ3) is 3.66. The molecule has 0 unspecified atom stereocenters. The van der Waals surface area contributed by atoms with Gasteiger partial charge in [0.25, 0.3) is 23.5 Å². The molecule has 3 N–H and O–H groups in total. The van der Waals surface area contributed by atoms with Gasteiger partial charge in [-0.1, -0.05) is 0 Å². The molecule has 1 aromatic heterocycles. The Morgan fingerprint density at radius 3 is 2.39 bits per heavy atom. The Morgan fingerprint density at radius 2 is 1.78 bits per heavy atom. The Hall–Kier alpha value is -3.70. The van der Waals surface area contributed by atoms with Crippen molar-refractivity contribution < 1.29 is 36.7 Å². The van der Waals surface area contributed by atoms with Gasteiger partial charge in [-0.15, -0.1) is 0 Å². The van der Waals surface area contributed by atoms with Gasteiger partial charge in [-0.3, -0.25) is 19.2 Å². The van der Waals surface area contributed by atoms with Gasteiger partial charge in [-0.05, 0) is 37.0 Å². The predicted octanol–water partition coefficient (Wildman–Crippen LogP) is 2.66. The molecule has 2 fully saturated rings. The maximum Gasteiger partial charge on any atom is 0.294 e. The molecule has 8 nitrogen and oxygen atoms in total. The van der Waals surface area contributed by atoms with Crippen molar-refractivity contribution in [3.63, 3.8) is 0 Å². The summed E-state index contributed by atoms with van der Waals surface area (Å²) in [5.74, 6) is -8.96. The number of likely N-dealkylation sites (N-methyl/N-ethyl adjacent to an activating group) is 1. The lowest BCUT2D eigenvalue weighted by molar-refractivity contribution is -0.164. The van der Waals surface area contributed by atoms with E-state index >= 15 is 0 Å². The van der Waals surface area contributed by atoms with Crippen LogP contribution in [-0.4, -0.2) is 46.6 Å². The van der Waals surface area contributed by atoms with Crippen molar-refractivity contribution in [3.05, 3.63) is 52.3 Å². The number of ketones is 1. The Bertz CT molecular complexity index is 1340. The minimum absolute atomic E-state index is 0.00144. The number of halogens is 4. The average Bonchev–Trinajstić information content (AvgIpc) is 3.37. The van der Waals surface area contributed by atoms with Crippen LogP contribution in [0, 0.1) is 24.5 Å². The van der Waals surface area contributed by atoms with Gasteiger partial charge in [-0.2, -0.15) is 0 Å². The number of carbonyl (C=O) groups is 4. The summed E-state index contributed by atoms with van der Waals surface area (Å²) in [7, 11) is 1.24. The quantitative estimate of drug-likeness (QED) is 0.318. The summed E-state index contributed by atoms with van der Waals surface area (Å²) in [6.45, 7) is 1.88. The zero-order chi connectivity index (χ0) is 26.2. The fourth-order valence-corrected chi connectivity index (χ4v) is 5.47. The second-order valence-corrected chi connectivity index (χ2v) is 9.68. The molecule has 0 radical (unpaired) electrons. The fourth-order valence-electron chi connectivity index (χ4n) is 5.47. The molecule has 3 amide bonds. The van der Waals surface area contributed by atoms with Gasteiger partial charge >= 0.3 is 0 Å². The molecule has 2 heterocycles. The van der Waals surface area contributed by atoms with Gasteiger partial charge in [0.1, 0.15) is 5.54 Å². The van der Waals surface area contributed by atoms with E-state index < -0.39 is 59.4 Å². The molecule has 2 saturated carbocycles. The van der Waals surface area contributed by atoms with Crippen molar-refractivity contribution in [3.8, 4) is 0 Å². The van der Waals surface area contributed by atoms with E-state index in [1.165, 1.54) is 20.0 Å². The van der Waals surface area contributed by atoms with Crippen LogP contribution < -0.4 is 16.0 Å². The number of Topliss-reactive ketones (excluding diaryl/α,β-unsaturated/α-hetero) is 1. The summed E-state index contributed by atoms with van der Waals surface area (Å²) >= 11 is 0. The van der Waals surface area contributed by atoms with Crippen molar-refractivity contribution in [1.29, 1.82) is 0 Å². The van der Waals surface area contributed by atoms with E-state index in [0.717, 1.165) is 18.6 Å². The van der Waals surface area contributed by atoms with Crippen LogP contribution in [-0.2, 0) is 16.1 Å². The number of fused-ring (bicyclic) bond motifs is 3. The number of alkyl halides is 2.